The minimum Gasteiger partial charge on any atom is -0.415 e. The number of alkyl halides is 2. The number of nitrogens with zero attached hydrogens (tertiary/aromatic N) is 8. The van der Waals surface area contributed by atoms with E-state index in [0.717, 1.165) is 31.2 Å². The molecule has 1 fully saturated rings. The lowest BCUT2D eigenvalue weighted by molar-refractivity contribution is 0.116. The van der Waals surface area contributed by atoms with E-state index in [1.165, 1.54) is 24.6 Å². The number of pyridine rings is 2. The van der Waals surface area contributed by atoms with E-state index < -0.39 is 12.3 Å². The third kappa shape index (κ3) is 5.14. The Bertz CT molecular complexity index is 1210. The van der Waals surface area contributed by atoms with Crippen molar-refractivity contribution in [3.05, 3.63) is 60.0 Å². The highest BCUT2D eigenvalue weighted by atomic mass is 19.3. The van der Waals surface area contributed by atoms with Gasteiger partial charge in [-0.25, -0.2) is 4.68 Å². The lowest BCUT2D eigenvalue weighted by atomic mass is 9.99. The summed E-state index contributed by atoms with van der Waals surface area (Å²) in [4.78, 5) is 11.4. The third-order valence-electron chi connectivity index (χ3n) is 5.93. The molecule has 0 N–H and O–H groups in total. The second kappa shape index (κ2) is 9.72. The fourth-order valence-corrected chi connectivity index (χ4v) is 3.89. The van der Waals surface area contributed by atoms with Crippen LogP contribution in [0.25, 0.3) is 22.8 Å². The first kappa shape index (κ1) is 22.2. The van der Waals surface area contributed by atoms with Crippen LogP contribution in [0.3, 0.4) is 0 Å². The van der Waals surface area contributed by atoms with Crippen molar-refractivity contribution in [2.24, 2.45) is 5.92 Å². The van der Waals surface area contributed by atoms with Gasteiger partial charge in [-0.05, 0) is 55.6 Å². The molecule has 34 heavy (non-hydrogen) atoms. The molecule has 0 atom stereocenters. The Balaban J connectivity index is 1.20. The standard InChI is InChI=1S/C23H24F2N8O/c1-15-6-8-32(9-7-15)12-16-2-5-19(27-10-16)20-14-33(31-28-20)13-18-4-3-17(11-26-18)22-29-30-23(34-22)21(24)25/h2-5,10-11,14-15,21H,6-9,12-13H2,1H3. The van der Waals surface area contributed by atoms with Crippen LogP contribution in [0.1, 0.15) is 43.3 Å². The Morgan fingerprint density at radius 2 is 1.82 bits per heavy atom. The molecule has 0 aliphatic carbocycles. The summed E-state index contributed by atoms with van der Waals surface area (Å²) in [5, 5.41) is 15.3. The molecule has 4 aromatic heterocycles. The molecular weight excluding hydrogens is 442 g/mol. The second-order valence-corrected chi connectivity index (χ2v) is 8.60. The third-order valence-corrected chi connectivity index (χ3v) is 5.93. The molecule has 5 heterocycles. The van der Waals surface area contributed by atoms with Crippen molar-refractivity contribution in [3.8, 4) is 22.8 Å². The maximum absolute atomic E-state index is 12.6. The average Bonchev–Trinajstić information content (AvgIpc) is 3.52. The topological polar surface area (TPSA) is 98.7 Å². The molecule has 1 aliphatic heterocycles. The zero-order valence-electron chi connectivity index (χ0n) is 18.7. The number of hydrogen-bond donors (Lipinski definition) is 0. The molecule has 0 bridgehead atoms. The molecule has 176 valence electrons. The van der Waals surface area contributed by atoms with Crippen LogP contribution in [-0.4, -0.2) is 53.1 Å². The van der Waals surface area contributed by atoms with Gasteiger partial charge < -0.3 is 4.42 Å². The molecule has 0 saturated carbocycles. The summed E-state index contributed by atoms with van der Waals surface area (Å²) in [6.07, 6.45) is 4.92. The molecule has 11 heteroatoms. The first-order valence-corrected chi connectivity index (χ1v) is 11.2. The van der Waals surface area contributed by atoms with Crippen LogP contribution in [0.5, 0.6) is 0 Å². The van der Waals surface area contributed by atoms with Crippen LogP contribution >= 0.6 is 0 Å². The Morgan fingerprint density at radius 1 is 0.971 bits per heavy atom. The largest absolute Gasteiger partial charge is 0.415 e. The van der Waals surface area contributed by atoms with E-state index in [2.05, 4.69) is 48.4 Å². The minimum atomic E-state index is -2.81. The van der Waals surface area contributed by atoms with Gasteiger partial charge in [0.2, 0.25) is 5.89 Å². The normalized spacial score (nSPS) is 15.3. The van der Waals surface area contributed by atoms with Gasteiger partial charge in [0.05, 0.1) is 29.7 Å². The van der Waals surface area contributed by atoms with E-state index in [-0.39, 0.29) is 5.89 Å². The van der Waals surface area contributed by atoms with E-state index in [1.54, 1.807) is 16.8 Å². The van der Waals surface area contributed by atoms with Crippen LogP contribution in [0, 0.1) is 5.92 Å². The molecule has 1 aliphatic rings. The lowest BCUT2D eigenvalue weighted by Crippen LogP contribution is -2.32. The monoisotopic (exact) mass is 466 g/mol. The average molecular weight is 466 g/mol. The smallest absolute Gasteiger partial charge is 0.314 e. The van der Waals surface area contributed by atoms with Gasteiger partial charge in [-0.1, -0.05) is 18.2 Å². The fraction of sp³-hybridized carbons (Fsp3) is 0.391. The molecule has 0 unspecified atom stereocenters. The molecule has 9 nitrogen and oxygen atoms in total. The predicted octanol–water partition coefficient (Wildman–Crippen LogP) is 4.00. The summed E-state index contributed by atoms with van der Waals surface area (Å²) < 4.78 is 31.9. The summed E-state index contributed by atoms with van der Waals surface area (Å²) in [7, 11) is 0. The molecule has 5 rings (SSSR count). The van der Waals surface area contributed by atoms with Crippen LogP contribution < -0.4 is 0 Å². The highest BCUT2D eigenvalue weighted by Crippen LogP contribution is 2.23. The zero-order valence-corrected chi connectivity index (χ0v) is 18.7. The second-order valence-electron chi connectivity index (χ2n) is 8.60. The van der Waals surface area contributed by atoms with Crippen LogP contribution in [0.2, 0.25) is 0 Å². The van der Waals surface area contributed by atoms with Crippen LogP contribution in [0.4, 0.5) is 8.78 Å². The number of likely N-dealkylation sites (tertiary alicyclic amines) is 1. The maximum atomic E-state index is 12.6. The van der Waals surface area contributed by atoms with Crippen molar-refractivity contribution in [3.63, 3.8) is 0 Å². The van der Waals surface area contributed by atoms with Gasteiger partial charge in [0, 0.05) is 18.9 Å². The highest BCUT2D eigenvalue weighted by Gasteiger charge is 2.18. The van der Waals surface area contributed by atoms with Crippen LogP contribution in [0.15, 0.2) is 47.3 Å². The molecule has 4 aromatic rings. The number of rotatable bonds is 7. The van der Waals surface area contributed by atoms with Gasteiger partial charge in [0.25, 0.3) is 5.89 Å². The lowest BCUT2D eigenvalue weighted by Gasteiger charge is -2.30. The van der Waals surface area contributed by atoms with Crippen molar-refractivity contribution in [2.75, 3.05) is 13.1 Å². The number of hydrogen-bond acceptors (Lipinski definition) is 8. The van der Waals surface area contributed by atoms with E-state index >= 15 is 0 Å². The van der Waals surface area contributed by atoms with Gasteiger partial charge in [0.15, 0.2) is 0 Å². The van der Waals surface area contributed by atoms with Gasteiger partial charge in [0.1, 0.15) is 5.69 Å². The van der Waals surface area contributed by atoms with E-state index in [0.29, 0.717) is 23.5 Å². The van der Waals surface area contributed by atoms with Gasteiger partial charge >= 0.3 is 6.43 Å². The first-order valence-electron chi connectivity index (χ1n) is 11.2. The summed E-state index contributed by atoms with van der Waals surface area (Å²) >= 11 is 0. The predicted molar refractivity (Wildman–Crippen MR) is 119 cm³/mol. The molecular formula is C23H24F2N8O. The van der Waals surface area contributed by atoms with Crippen molar-refractivity contribution in [1.82, 2.24) is 40.1 Å². The number of aromatic nitrogens is 7. The van der Waals surface area contributed by atoms with Crippen molar-refractivity contribution >= 4 is 0 Å². The van der Waals surface area contributed by atoms with Crippen LogP contribution in [-0.2, 0) is 13.1 Å². The Labute approximate surface area is 194 Å². The van der Waals surface area contributed by atoms with E-state index in [1.807, 2.05) is 18.5 Å². The van der Waals surface area contributed by atoms with Gasteiger partial charge in [-0.15, -0.1) is 15.3 Å². The number of piperidine rings is 1. The van der Waals surface area contributed by atoms with Crippen molar-refractivity contribution < 1.29 is 13.2 Å². The summed E-state index contributed by atoms with van der Waals surface area (Å²) in [5.41, 5.74) is 3.81. The molecule has 1 saturated heterocycles. The first-order chi connectivity index (χ1) is 16.5. The van der Waals surface area contributed by atoms with Crippen molar-refractivity contribution in [2.45, 2.75) is 39.3 Å². The maximum Gasteiger partial charge on any atom is 0.314 e. The molecule has 0 radical (unpaired) electrons. The highest BCUT2D eigenvalue weighted by molar-refractivity contribution is 5.52. The summed E-state index contributed by atoms with van der Waals surface area (Å²) in [6, 6.07) is 7.50. The molecule has 0 amide bonds. The Morgan fingerprint density at radius 3 is 2.50 bits per heavy atom. The minimum absolute atomic E-state index is 0.00163. The molecule has 0 spiro atoms. The van der Waals surface area contributed by atoms with E-state index in [9.17, 15) is 8.78 Å². The Kier molecular flexibility index (Phi) is 6.35. The fourth-order valence-electron chi connectivity index (χ4n) is 3.89. The van der Waals surface area contributed by atoms with E-state index in [4.69, 9.17) is 4.42 Å². The quantitative estimate of drug-likeness (QED) is 0.403. The van der Waals surface area contributed by atoms with Gasteiger partial charge in [-0.3, -0.25) is 14.9 Å². The molecule has 0 aromatic carbocycles. The zero-order chi connectivity index (χ0) is 23.5. The summed E-state index contributed by atoms with van der Waals surface area (Å²) in [5.74, 6) is 0.109. The summed E-state index contributed by atoms with van der Waals surface area (Å²) in [6.45, 7) is 5.90. The van der Waals surface area contributed by atoms with Crippen molar-refractivity contribution in [1.29, 1.82) is 0 Å². The number of halogens is 2. The SMILES string of the molecule is CC1CCN(Cc2ccc(-c3cn(Cc4ccc(-c5nnc(C(F)F)o5)cn4)nn3)nc2)CC1. The van der Waals surface area contributed by atoms with Gasteiger partial charge in [-0.2, -0.15) is 8.78 Å². The Hall–Kier alpha value is -3.60.